The van der Waals surface area contributed by atoms with Gasteiger partial charge in [0.1, 0.15) is 0 Å². The molecule has 1 N–H and O–H groups in total. The van der Waals surface area contributed by atoms with Gasteiger partial charge in [-0.15, -0.1) is 0 Å². The number of hydrogen-bond donors (Lipinski definition) is 1. The Kier molecular flexibility index (Phi) is 4.32. The first-order chi connectivity index (χ1) is 6.24. The van der Waals surface area contributed by atoms with Gasteiger partial charge in [0, 0.05) is 31.6 Å². The maximum Gasteiger partial charge on any atom is 0.0518 e. The molecule has 1 rings (SSSR count). The lowest BCUT2D eigenvalue weighted by molar-refractivity contribution is 0.565. The van der Waals surface area contributed by atoms with Crippen molar-refractivity contribution in [1.29, 1.82) is 0 Å². The van der Waals surface area contributed by atoms with E-state index in [1.54, 1.807) is 0 Å². The molecule has 0 fully saturated rings. The fraction of sp³-hybridized carbons (Fsp3) is 0.667. The second-order valence-electron chi connectivity index (χ2n) is 3.18. The molecular formula is C9H17N3S. The molecule has 1 atom stereocenters. The van der Waals surface area contributed by atoms with Gasteiger partial charge < -0.3 is 5.32 Å². The summed E-state index contributed by atoms with van der Waals surface area (Å²) in [6.45, 7) is 3.10. The van der Waals surface area contributed by atoms with E-state index in [2.05, 4.69) is 23.6 Å². The quantitative estimate of drug-likeness (QED) is 0.774. The number of aromatic nitrogens is 2. The molecule has 0 amide bonds. The summed E-state index contributed by atoms with van der Waals surface area (Å²) in [5.74, 6) is 1.15. The summed E-state index contributed by atoms with van der Waals surface area (Å²) in [5.41, 5.74) is 1.23. The standard InChI is InChI=1S/C9H17N3S/c1-8(7-13-3)10-6-9-4-5-11-12(9)2/h4-5,8,10H,6-7H2,1-3H3. The third kappa shape index (κ3) is 3.40. The van der Waals surface area contributed by atoms with Gasteiger partial charge in [-0.1, -0.05) is 0 Å². The van der Waals surface area contributed by atoms with Gasteiger partial charge in [-0.25, -0.2) is 0 Å². The minimum Gasteiger partial charge on any atom is -0.308 e. The maximum atomic E-state index is 4.11. The Balaban J connectivity index is 2.30. The number of rotatable bonds is 5. The van der Waals surface area contributed by atoms with Crippen LogP contribution in [0, 0.1) is 0 Å². The van der Waals surface area contributed by atoms with Gasteiger partial charge in [-0.05, 0) is 19.2 Å². The smallest absolute Gasteiger partial charge is 0.0518 e. The van der Waals surface area contributed by atoms with Crippen LogP contribution in [-0.2, 0) is 13.6 Å². The Morgan fingerprint density at radius 3 is 3.00 bits per heavy atom. The van der Waals surface area contributed by atoms with E-state index < -0.39 is 0 Å². The van der Waals surface area contributed by atoms with Crippen molar-refractivity contribution >= 4 is 11.8 Å². The molecule has 0 aliphatic heterocycles. The van der Waals surface area contributed by atoms with Crippen LogP contribution in [0.3, 0.4) is 0 Å². The first-order valence-electron chi connectivity index (χ1n) is 4.43. The van der Waals surface area contributed by atoms with E-state index in [1.165, 1.54) is 5.69 Å². The summed E-state index contributed by atoms with van der Waals surface area (Å²) in [7, 11) is 1.97. The average Bonchev–Trinajstić information content (AvgIpc) is 2.48. The highest BCUT2D eigenvalue weighted by Gasteiger charge is 2.02. The van der Waals surface area contributed by atoms with Crippen LogP contribution >= 0.6 is 11.8 Å². The Morgan fingerprint density at radius 1 is 1.69 bits per heavy atom. The SMILES string of the molecule is CSCC(C)NCc1ccnn1C. The number of aryl methyl sites for hydroxylation is 1. The van der Waals surface area contributed by atoms with E-state index in [0.29, 0.717) is 6.04 Å². The molecule has 1 heterocycles. The summed E-state index contributed by atoms with van der Waals surface area (Å²) in [5, 5.41) is 7.56. The van der Waals surface area contributed by atoms with Crippen LogP contribution in [0.1, 0.15) is 12.6 Å². The molecule has 0 aliphatic carbocycles. The maximum absolute atomic E-state index is 4.11. The fourth-order valence-corrected chi connectivity index (χ4v) is 1.78. The zero-order valence-corrected chi connectivity index (χ0v) is 9.27. The Bertz CT molecular complexity index is 247. The average molecular weight is 199 g/mol. The van der Waals surface area contributed by atoms with Crippen LogP contribution in [0.4, 0.5) is 0 Å². The molecule has 4 heteroatoms. The Morgan fingerprint density at radius 2 is 2.46 bits per heavy atom. The van der Waals surface area contributed by atoms with E-state index in [1.807, 2.05) is 35.8 Å². The van der Waals surface area contributed by atoms with Crippen LogP contribution in [-0.4, -0.2) is 27.8 Å². The van der Waals surface area contributed by atoms with Gasteiger partial charge in [0.25, 0.3) is 0 Å². The molecule has 13 heavy (non-hydrogen) atoms. The third-order valence-corrected chi connectivity index (χ3v) is 2.80. The normalized spacial score (nSPS) is 13.2. The topological polar surface area (TPSA) is 29.9 Å². The highest BCUT2D eigenvalue weighted by Crippen LogP contribution is 1.99. The van der Waals surface area contributed by atoms with Crippen molar-refractivity contribution in [1.82, 2.24) is 15.1 Å². The Hall–Kier alpha value is -0.480. The van der Waals surface area contributed by atoms with E-state index in [-0.39, 0.29) is 0 Å². The van der Waals surface area contributed by atoms with Gasteiger partial charge in [0.05, 0.1) is 5.69 Å². The third-order valence-electron chi connectivity index (χ3n) is 1.97. The number of nitrogens with zero attached hydrogens (tertiary/aromatic N) is 2. The fourth-order valence-electron chi connectivity index (χ4n) is 1.16. The summed E-state index contributed by atoms with van der Waals surface area (Å²) < 4.78 is 1.90. The molecule has 1 unspecified atom stereocenters. The van der Waals surface area contributed by atoms with Gasteiger partial charge in [-0.3, -0.25) is 4.68 Å². The van der Waals surface area contributed by atoms with E-state index >= 15 is 0 Å². The van der Waals surface area contributed by atoms with Gasteiger partial charge in [0.15, 0.2) is 0 Å². The summed E-state index contributed by atoms with van der Waals surface area (Å²) in [6.07, 6.45) is 3.96. The highest BCUT2D eigenvalue weighted by molar-refractivity contribution is 7.98. The van der Waals surface area contributed by atoms with Gasteiger partial charge in [0.2, 0.25) is 0 Å². The van der Waals surface area contributed by atoms with Crippen molar-refractivity contribution in [2.75, 3.05) is 12.0 Å². The first kappa shape index (κ1) is 10.6. The van der Waals surface area contributed by atoms with Crippen molar-refractivity contribution in [3.05, 3.63) is 18.0 Å². The second-order valence-corrected chi connectivity index (χ2v) is 4.09. The monoisotopic (exact) mass is 199 g/mol. The first-order valence-corrected chi connectivity index (χ1v) is 5.82. The Labute approximate surface area is 83.9 Å². The molecule has 0 aliphatic rings. The van der Waals surface area contributed by atoms with Crippen molar-refractivity contribution in [2.24, 2.45) is 7.05 Å². The van der Waals surface area contributed by atoms with E-state index in [4.69, 9.17) is 0 Å². The molecular weight excluding hydrogens is 182 g/mol. The molecule has 0 bridgehead atoms. The highest BCUT2D eigenvalue weighted by atomic mass is 32.2. The molecule has 3 nitrogen and oxygen atoms in total. The van der Waals surface area contributed by atoms with Crippen molar-refractivity contribution in [3.63, 3.8) is 0 Å². The minimum atomic E-state index is 0.560. The lowest BCUT2D eigenvalue weighted by Crippen LogP contribution is -2.28. The lowest BCUT2D eigenvalue weighted by atomic mass is 10.3. The molecule has 0 saturated carbocycles. The molecule has 1 aromatic heterocycles. The number of nitrogens with one attached hydrogen (secondary N) is 1. The van der Waals surface area contributed by atoms with Crippen LogP contribution < -0.4 is 5.32 Å². The molecule has 0 aromatic carbocycles. The molecule has 1 aromatic rings. The zero-order valence-electron chi connectivity index (χ0n) is 8.45. The second kappa shape index (κ2) is 5.29. The minimum absolute atomic E-state index is 0.560. The van der Waals surface area contributed by atoms with Crippen LogP contribution in [0.5, 0.6) is 0 Å². The largest absolute Gasteiger partial charge is 0.308 e. The lowest BCUT2D eigenvalue weighted by Gasteiger charge is -2.11. The molecule has 0 saturated heterocycles. The van der Waals surface area contributed by atoms with Gasteiger partial charge in [-0.2, -0.15) is 16.9 Å². The van der Waals surface area contributed by atoms with Crippen LogP contribution in [0.2, 0.25) is 0 Å². The summed E-state index contributed by atoms with van der Waals surface area (Å²) in [6, 6.07) is 2.60. The summed E-state index contributed by atoms with van der Waals surface area (Å²) in [4.78, 5) is 0. The van der Waals surface area contributed by atoms with Crippen LogP contribution in [0.25, 0.3) is 0 Å². The van der Waals surface area contributed by atoms with E-state index in [0.717, 1.165) is 12.3 Å². The predicted octanol–water partition coefficient (Wildman–Crippen LogP) is 1.26. The predicted molar refractivity (Wildman–Crippen MR) is 57.9 cm³/mol. The number of thioether (sulfide) groups is 1. The molecule has 0 spiro atoms. The summed E-state index contributed by atoms with van der Waals surface area (Å²) >= 11 is 1.87. The van der Waals surface area contributed by atoms with E-state index in [9.17, 15) is 0 Å². The van der Waals surface area contributed by atoms with Crippen molar-refractivity contribution in [3.8, 4) is 0 Å². The van der Waals surface area contributed by atoms with Gasteiger partial charge >= 0.3 is 0 Å². The zero-order chi connectivity index (χ0) is 9.68. The van der Waals surface area contributed by atoms with Crippen LogP contribution in [0.15, 0.2) is 12.3 Å². The molecule has 74 valence electrons. The van der Waals surface area contributed by atoms with Crippen molar-refractivity contribution < 1.29 is 0 Å². The number of hydrogen-bond acceptors (Lipinski definition) is 3. The molecule has 0 radical (unpaired) electrons. The van der Waals surface area contributed by atoms with Crippen molar-refractivity contribution in [2.45, 2.75) is 19.5 Å².